The van der Waals surface area contributed by atoms with Crippen molar-refractivity contribution in [1.29, 1.82) is 0 Å². The Bertz CT molecular complexity index is 1040. The zero-order chi connectivity index (χ0) is 21.2. The molecule has 0 saturated carbocycles. The van der Waals surface area contributed by atoms with Crippen LogP contribution in [0.25, 0.3) is 16.6 Å². The van der Waals surface area contributed by atoms with Gasteiger partial charge in [-0.3, -0.25) is 14.8 Å². The monoisotopic (exact) mass is 422 g/mol. The van der Waals surface area contributed by atoms with Crippen molar-refractivity contribution in [2.24, 2.45) is 0 Å². The minimum absolute atomic E-state index is 0.692. The fraction of sp³-hybridized carbons (Fsp3) is 0.522. The highest BCUT2D eigenvalue weighted by atomic mass is 16.5. The van der Waals surface area contributed by atoms with Crippen LogP contribution in [0.3, 0.4) is 0 Å². The van der Waals surface area contributed by atoms with Crippen LogP contribution >= 0.6 is 0 Å². The van der Waals surface area contributed by atoms with E-state index < -0.39 is 0 Å². The molecular formula is C23H30N6O2. The van der Waals surface area contributed by atoms with E-state index in [1.807, 2.05) is 42.1 Å². The zero-order valence-electron chi connectivity index (χ0n) is 18.3. The highest BCUT2D eigenvalue weighted by Crippen LogP contribution is 2.26. The number of likely N-dealkylation sites (tertiary alicyclic amines) is 1. The number of ether oxygens (including phenoxy) is 2. The molecule has 2 fully saturated rings. The Labute approximate surface area is 182 Å². The van der Waals surface area contributed by atoms with E-state index in [9.17, 15) is 0 Å². The molecule has 2 aliphatic rings. The first-order chi connectivity index (χ1) is 15.2. The third kappa shape index (κ3) is 4.42. The van der Waals surface area contributed by atoms with Gasteiger partial charge in [-0.2, -0.15) is 0 Å². The molecule has 164 valence electrons. The molecule has 0 aliphatic carbocycles. The Morgan fingerprint density at radius 3 is 2.68 bits per heavy atom. The lowest BCUT2D eigenvalue weighted by Gasteiger charge is -2.39. The Morgan fingerprint density at radius 1 is 1.10 bits per heavy atom. The van der Waals surface area contributed by atoms with E-state index in [2.05, 4.69) is 25.1 Å². The van der Waals surface area contributed by atoms with Gasteiger partial charge in [0.2, 0.25) is 0 Å². The molecule has 3 aromatic rings. The summed E-state index contributed by atoms with van der Waals surface area (Å²) in [6, 6.07) is 8.67. The molecule has 2 saturated heterocycles. The molecule has 1 aromatic carbocycles. The van der Waals surface area contributed by atoms with Crippen molar-refractivity contribution in [2.45, 2.75) is 32.4 Å². The molecule has 8 heteroatoms. The van der Waals surface area contributed by atoms with Crippen LogP contribution in [0.15, 0.2) is 30.5 Å². The summed E-state index contributed by atoms with van der Waals surface area (Å²) in [6.07, 6.45) is 4.46. The third-order valence-corrected chi connectivity index (χ3v) is 6.41. The molecule has 31 heavy (non-hydrogen) atoms. The first-order valence-corrected chi connectivity index (χ1v) is 11.1. The summed E-state index contributed by atoms with van der Waals surface area (Å²) in [5.74, 6) is 0.808. The summed E-state index contributed by atoms with van der Waals surface area (Å²) >= 11 is 0. The van der Waals surface area contributed by atoms with Crippen molar-refractivity contribution in [3.8, 4) is 11.4 Å². The molecule has 0 unspecified atom stereocenters. The first kappa shape index (κ1) is 20.4. The van der Waals surface area contributed by atoms with Crippen LogP contribution in [0.4, 0.5) is 0 Å². The van der Waals surface area contributed by atoms with Crippen molar-refractivity contribution in [3.63, 3.8) is 0 Å². The maximum absolute atomic E-state index is 5.50. The quantitative estimate of drug-likeness (QED) is 0.625. The van der Waals surface area contributed by atoms with Crippen molar-refractivity contribution in [2.75, 3.05) is 46.5 Å². The van der Waals surface area contributed by atoms with E-state index in [1.165, 1.54) is 12.8 Å². The number of rotatable bonds is 5. The van der Waals surface area contributed by atoms with Crippen LogP contribution in [0.2, 0.25) is 0 Å². The number of methoxy groups -OCH3 is 1. The van der Waals surface area contributed by atoms with Crippen LogP contribution < -0.4 is 4.74 Å². The van der Waals surface area contributed by atoms with Gasteiger partial charge in [-0.05, 0) is 44.0 Å². The van der Waals surface area contributed by atoms with Crippen LogP contribution in [0.5, 0.6) is 5.75 Å². The second-order valence-electron chi connectivity index (χ2n) is 8.48. The Hall–Kier alpha value is -2.55. The van der Waals surface area contributed by atoms with Gasteiger partial charge in [-0.1, -0.05) is 5.21 Å². The van der Waals surface area contributed by atoms with Gasteiger partial charge < -0.3 is 9.47 Å². The highest BCUT2D eigenvalue weighted by molar-refractivity contribution is 5.88. The summed E-state index contributed by atoms with van der Waals surface area (Å²) in [4.78, 5) is 9.74. The predicted octanol–water partition coefficient (Wildman–Crippen LogP) is 2.43. The lowest BCUT2D eigenvalue weighted by molar-refractivity contribution is 0.000135. The molecule has 0 radical (unpaired) electrons. The predicted molar refractivity (Wildman–Crippen MR) is 119 cm³/mol. The van der Waals surface area contributed by atoms with Crippen LogP contribution in [-0.2, 0) is 11.3 Å². The molecule has 0 bridgehead atoms. The number of benzene rings is 1. The number of nitrogens with zero attached hydrogens (tertiary/aromatic N) is 6. The number of fused-ring (bicyclic) bond motifs is 1. The van der Waals surface area contributed by atoms with Crippen LogP contribution in [0, 0.1) is 6.92 Å². The van der Waals surface area contributed by atoms with Crippen molar-refractivity contribution < 1.29 is 9.47 Å². The van der Waals surface area contributed by atoms with Crippen molar-refractivity contribution >= 4 is 10.9 Å². The molecule has 0 amide bonds. The topological polar surface area (TPSA) is 68.5 Å². The number of aromatic nitrogens is 4. The SMILES string of the molecule is COc1ccc2nc(C)cc(-n3cc(CN4CCC(N5CCOCC5)CC4)nn3)c2c1. The zero-order valence-corrected chi connectivity index (χ0v) is 18.3. The fourth-order valence-electron chi connectivity index (χ4n) is 4.74. The molecule has 0 spiro atoms. The first-order valence-electron chi connectivity index (χ1n) is 11.1. The summed E-state index contributed by atoms with van der Waals surface area (Å²) in [7, 11) is 1.68. The number of piperidine rings is 1. The summed E-state index contributed by atoms with van der Waals surface area (Å²) in [6.45, 7) is 8.93. The standard InChI is InChI=1S/C23H30N6O2/c1-17-13-23(21-14-20(30-2)3-4-22(21)24-17)29-16-18(25-26-29)15-27-7-5-19(6-8-27)28-9-11-31-12-10-28/h3-4,13-14,16,19H,5-12,15H2,1-2H3. The molecule has 2 aromatic heterocycles. The second-order valence-corrected chi connectivity index (χ2v) is 8.48. The molecular weight excluding hydrogens is 392 g/mol. The molecule has 4 heterocycles. The molecule has 2 aliphatic heterocycles. The van der Waals surface area contributed by atoms with E-state index in [0.29, 0.717) is 6.04 Å². The van der Waals surface area contributed by atoms with Gasteiger partial charge in [-0.15, -0.1) is 5.10 Å². The largest absolute Gasteiger partial charge is 0.497 e. The van der Waals surface area contributed by atoms with E-state index in [-0.39, 0.29) is 0 Å². The summed E-state index contributed by atoms with van der Waals surface area (Å²) < 4.78 is 12.8. The molecule has 0 N–H and O–H groups in total. The molecule has 5 rings (SSSR count). The van der Waals surface area contributed by atoms with Crippen molar-refractivity contribution in [3.05, 3.63) is 41.9 Å². The number of aryl methyl sites for hydroxylation is 1. The maximum atomic E-state index is 5.50. The number of pyridine rings is 1. The van der Waals surface area contributed by atoms with Gasteiger partial charge in [0, 0.05) is 49.8 Å². The Morgan fingerprint density at radius 2 is 1.90 bits per heavy atom. The smallest absolute Gasteiger partial charge is 0.119 e. The lowest BCUT2D eigenvalue weighted by atomic mass is 10.0. The highest BCUT2D eigenvalue weighted by Gasteiger charge is 2.26. The minimum atomic E-state index is 0.692. The third-order valence-electron chi connectivity index (χ3n) is 6.41. The molecule has 0 atom stereocenters. The van der Waals surface area contributed by atoms with E-state index >= 15 is 0 Å². The minimum Gasteiger partial charge on any atom is -0.497 e. The van der Waals surface area contributed by atoms with Gasteiger partial charge in [0.25, 0.3) is 0 Å². The van der Waals surface area contributed by atoms with Gasteiger partial charge in [0.1, 0.15) is 5.75 Å². The van der Waals surface area contributed by atoms with E-state index in [4.69, 9.17) is 9.47 Å². The lowest BCUT2D eigenvalue weighted by Crippen LogP contribution is -2.48. The van der Waals surface area contributed by atoms with Crippen molar-refractivity contribution in [1.82, 2.24) is 29.8 Å². The summed E-state index contributed by atoms with van der Waals surface area (Å²) in [5, 5.41) is 9.91. The van der Waals surface area contributed by atoms with Crippen LogP contribution in [0.1, 0.15) is 24.2 Å². The van der Waals surface area contributed by atoms with Crippen LogP contribution in [-0.4, -0.2) is 82.3 Å². The van der Waals surface area contributed by atoms with Gasteiger partial charge in [-0.25, -0.2) is 4.68 Å². The number of hydrogen-bond donors (Lipinski definition) is 0. The molecule has 8 nitrogen and oxygen atoms in total. The normalized spacial score (nSPS) is 19.2. The van der Waals surface area contributed by atoms with E-state index in [1.54, 1.807) is 7.11 Å². The number of morpholine rings is 1. The van der Waals surface area contributed by atoms with Gasteiger partial charge in [0.15, 0.2) is 0 Å². The average Bonchev–Trinajstić information content (AvgIpc) is 3.27. The van der Waals surface area contributed by atoms with E-state index in [0.717, 1.165) is 79.7 Å². The second kappa shape index (κ2) is 8.90. The average molecular weight is 423 g/mol. The maximum Gasteiger partial charge on any atom is 0.119 e. The number of hydrogen-bond acceptors (Lipinski definition) is 7. The Balaban J connectivity index is 1.29. The van der Waals surface area contributed by atoms with Gasteiger partial charge in [0.05, 0.1) is 43.4 Å². The summed E-state index contributed by atoms with van der Waals surface area (Å²) in [5.41, 5.74) is 3.86. The fourth-order valence-corrected chi connectivity index (χ4v) is 4.74. The van der Waals surface area contributed by atoms with Gasteiger partial charge >= 0.3 is 0 Å². The Kier molecular flexibility index (Phi) is 5.85.